The summed E-state index contributed by atoms with van der Waals surface area (Å²) >= 11 is 1.74. The molecule has 6 rings (SSSR count). The molecule has 0 aliphatic rings. The summed E-state index contributed by atoms with van der Waals surface area (Å²) in [5, 5.41) is 2.39. The van der Waals surface area contributed by atoms with Gasteiger partial charge in [0.1, 0.15) is 0 Å². The van der Waals surface area contributed by atoms with Crippen LogP contribution < -0.4 is 0 Å². The molecule has 1 aromatic heterocycles. The highest BCUT2D eigenvalue weighted by Gasteiger charge is 2.37. The normalized spacial score (nSPS) is 12.4. The number of hydrogen-bond acceptors (Lipinski definition) is 1. The van der Waals surface area contributed by atoms with E-state index in [0.717, 1.165) is 34.4 Å². The summed E-state index contributed by atoms with van der Waals surface area (Å²) in [6, 6.07) is 30.6. The molecule has 0 atom stereocenters. The van der Waals surface area contributed by atoms with Gasteiger partial charge in [-0.3, -0.25) is 0 Å². The van der Waals surface area contributed by atoms with E-state index < -0.39 is 23.5 Å². The van der Waals surface area contributed by atoms with Crippen molar-refractivity contribution < 1.29 is 26.3 Å². The summed E-state index contributed by atoms with van der Waals surface area (Å²) in [5.74, 6) is 0. The van der Waals surface area contributed by atoms with Crippen LogP contribution in [0.25, 0.3) is 53.6 Å². The van der Waals surface area contributed by atoms with Gasteiger partial charge >= 0.3 is 12.4 Å². The Kier molecular flexibility index (Phi) is 5.99. The van der Waals surface area contributed by atoms with Gasteiger partial charge in [0.15, 0.2) is 0 Å². The van der Waals surface area contributed by atoms with Gasteiger partial charge in [-0.15, -0.1) is 11.3 Å². The van der Waals surface area contributed by atoms with Crippen molar-refractivity contribution in [3.63, 3.8) is 0 Å². The third kappa shape index (κ3) is 4.90. The minimum absolute atomic E-state index is 0.139. The average molecular weight is 549 g/mol. The molecule has 0 bridgehead atoms. The first-order chi connectivity index (χ1) is 18.6. The van der Waals surface area contributed by atoms with Crippen LogP contribution in [0.2, 0.25) is 0 Å². The molecule has 0 radical (unpaired) electrons. The summed E-state index contributed by atoms with van der Waals surface area (Å²) in [5.41, 5.74) is 1.18. The first kappa shape index (κ1) is 25.2. The van der Waals surface area contributed by atoms with Gasteiger partial charge in [0.25, 0.3) is 0 Å². The van der Waals surface area contributed by atoms with Crippen LogP contribution in [0, 0.1) is 0 Å². The van der Waals surface area contributed by atoms with E-state index in [0.29, 0.717) is 0 Å². The third-order valence-electron chi connectivity index (χ3n) is 6.71. The second kappa shape index (κ2) is 9.27. The molecule has 0 unspecified atom stereocenters. The molecule has 0 N–H and O–H groups in total. The molecular weight excluding hydrogens is 530 g/mol. The highest BCUT2D eigenvalue weighted by molar-refractivity contribution is 7.25. The lowest BCUT2D eigenvalue weighted by atomic mass is 9.95. The van der Waals surface area contributed by atoms with Crippen molar-refractivity contribution in [3.8, 4) is 33.4 Å². The predicted octanol–water partition coefficient (Wildman–Crippen LogP) is 11.1. The molecule has 1 heterocycles. The fourth-order valence-electron chi connectivity index (χ4n) is 4.76. The minimum Gasteiger partial charge on any atom is -0.166 e. The molecule has 5 aromatic carbocycles. The monoisotopic (exact) mass is 548 g/mol. The molecule has 6 aromatic rings. The van der Waals surface area contributed by atoms with Gasteiger partial charge in [-0.05, 0) is 75.8 Å². The van der Waals surface area contributed by atoms with E-state index in [-0.39, 0.29) is 17.2 Å². The highest BCUT2D eigenvalue weighted by Crippen LogP contribution is 2.40. The second-order valence-corrected chi connectivity index (χ2v) is 10.3. The van der Waals surface area contributed by atoms with E-state index >= 15 is 0 Å². The van der Waals surface area contributed by atoms with Gasteiger partial charge in [0.05, 0.1) is 11.1 Å². The lowest BCUT2D eigenvalue weighted by Crippen LogP contribution is -2.11. The minimum atomic E-state index is -4.89. The van der Waals surface area contributed by atoms with Crippen molar-refractivity contribution in [3.05, 3.63) is 120 Å². The molecule has 39 heavy (non-hydrogen) atoms. The van der Waals surface area contributed by atoms with Gasteiger partial charge in [0, 0.05) is 20.2 Å². The van der Waals surface area contributed by atoms with Crippen LogP contribution in [-0.4, -0.2) is 0 Å². The number of halogens is 6. The van der Waals surface area contributed by atoms with Crippen molar-refractivity contribution in [2.75, 3.05) is 0 Å². The topological polar surface area (TPSA) is 0 Å². The molecule has 0 spiro atoms. The maximum Gasteiger partial charge on any atom is 0.416 e. The smallest absolute Gasteiger partial charge is 0.166 e. The quantitative estimate of drug-likeness (QED) is 0.193. The molecule has 7 heteroatoms. The number of rotatable bonds is 3. The molecule has 0 amide bonds. The Morgan fingerprint density at radius 2 is 0.897 bits per heavy atom. The zero-order valence-electron chi connectivity index (χ0n) is 20.1. The van der Waals surface area contributed by atoms with Crippen molar-refractivity contribution in [1.82, 2.24) is 0 Å². The lowest BCUT2D eigenvalue weighted by Gasteiger charge is -2.14. The average Bonchev–Trinajstić information content (AvgIpc) is 3.30. The van der Waals surface area contributed by atoms with Crippen molar-refractivity contribution >= 4 is 31.5 Å². The Hall–Kier alpha value is -4.10. The Morgan fingerprint density at radius 3 is 1.54 bits per heavy atom. The maximum atomic E-state index is 13.3. The van der Waals surface area contributed by atoms with Crippen LogP contribution in [0.4, 0.5) is 26.3 Å². The van der Waals surface area contributed by atoms with E-state index in [2.05, 4.69) is 30.3 Å². The molecule has 194 valence electrons. The van der Waals surface area contributed by atoms with E-state index in [1.54, 1.807) is 35.6 Å². The molecular formula is C32H18F6S. The van der Waals surface area contributed by atoms with E-state index in [1.807, 2.05) is 36.4 Å². The molecule has 0 aliphatic carbocycles. The Morgan fingerprint density at radius 1 is 0.385 bits per heavy atom. The molecule has 0 aliphatic heterocycles. The third-order valence-corrected chi connectivity index (χ3v) is 7.86. The Labute approximate surface area is 223 Å². The van der Waals surface area contributed by atoms with Crippen molar-refractivity contribution in [2.45, 2.75) is 12.4 Å². The summed E-state index contributed by atoms with van der Waals surface area (Å²) in [6.07, 6.45) is -9.79. The van der Waals surface area contributed by atoms with Gasteiger partial charge in [-0.25, -0.2) is 0 Å². The number of thiophene rings is 1. The van der Waals surface area contributed by atoms with Crippen molar-refractivity contribution in [2.24, 2.45) is 0 Å². The van der Waals surface area contributed by atoms with Gasteiger partial charge < -0.3 is 0 Å². The lowest BCUT2D eigenvalue weighted by molar-refractivity contribution is -0.143. The van der Waals surface area contributed by atoms with E-state index in [9.17, 15) is 26.3 Å². The number of hydrogen-bond donors (Lipinski definition) is 0. The fourth-order valence-corrected chi connectivity index (χ4v) is 5.85. The summed E-state index contributed by atoms with van der Waals surface area (Å²) in [7, 11) is 0. The van der Waals surface area contributed by atoms with Crippen molar-refractivity contribution in [1.29, 1.82) is 0 Å². The zero-order valence-corrected chi connectivity index (χ0v) is 20.9. The highest BCUT2D eigenvalue weighted by atomic mass is 32.1. The number of fused-ring (bicyclic) bond motifs is 3. The first-order valence-electron chi connectivity index (χ1n) is 12.0. The fraction of sp³-hybridized carbons (Fsp3) is 0.0625. The van der Waals surface area contributed by atoms with Crippen LogP contribution in [0.3, 0.4) is 0 Å². The zero-order chi connectivity index (χ0) is 27.4. The number of benzene rings is 5. The molecule has 0 saturated heterocycles. The Bertz CT molecular complexity index is 1790. The van der Waals surface area contributed by atoms with E-state index in [1.165, 1.54) is 20.2 Å². The van der Waals surface area contributed by atoms with Crippen LogP contribution in [0.15, 0.2) is 109 Å². The van der Waals surface area contributed by atoms with Gasteiger partial charge in [0.2, 0.25) is 0 Å². The van der Waals surface area contributed by atoms with Gasteiger partial charge in [-0.1, -0.05) is 66.7 Å². The predicted molar refractivity (Wildman–Crippen MR) is 146 cm³/mol. The van der Waals surface area contributed by atoms with Crippen LogP contribution in [0.5, 0.6) is 0 Å². The molecule has 0 nitrogen and oxygen atoms in total. The van der Waals surface area contributed by atoms with E-state index in [4.69, 9.17) is 0 Å². The second-order valence-electron chi connectivity index (χ2n) is 9.26. The summed E-state index contributed by atoms with van der Waals surface area (Å²) in [4.78, 5) is 0. The first-order valence-corrected chi connectivity index (χ1v) is 12.8. The van der Waals surface area contributed by atoms with Crippen LogP contribution >= 0.6 is 11.3 Å². The largest absolute Gasteiger partial charge is 0.416 e. The van der Waals surface area contributed by atoms with Crippen LogP contribution in [-0.2, 0) is 12.4 Å². The summed E-state index contributed by atoms with van der Waals surface area (Å²) in [6.45, 7) is 0. The molecule has 0 fully saturated rings. The van der Waals surface area contributed by atoms with Gasteiger partial charge in [-0.2, -0.15) is 26.3 Å². The number of alkyl halides is 6. The van der Waals surface area contributed by atoms with Crippen LogP contribution in [0.1, 0.15) is 11.1 Å². The Balaban J connectivity index is 1.35. The standard InChI is InChI=1S/C32H18F6S/c33-31(34,35)25-15-24(16-26(18-25)32(36,37)38)20-10-8-19(9-11-20)21-4-3-5-22(14-21)23-12-13-30-28(17-23)27-6-1-2-7-29(27)39-30/h1-18H. The summed E-state index contributed by atoms with van der Waals surface area (Å²) < 4.78 is 82.2. The maximum absolute atomic E-state index is 13.3. The molecule has 0 saturated carbocycles. The SMILES string of the molecule is FC(F)(F)c1cc(-c2ccc(-c3cccc(-c4ccc5sc6ccccc6c5c4)c3)cc2)cc(C(F)(F)F)c1.